The molecule has 2 rings (SSSR count). The van der Waals surface area contributed by atoms with Crippen molar-refractivity contribution in [2.75, 3.05) is 0 Å². The fourth-order valence-corrected chi connectivity index (χ4v) is 1.50. The number of rotatable bonds is 3. The lowest BCUT2D eigenvalue weighted by molar-refractivity contribution is 0.0696. The molecule has 17 heavy (non-hydrogen) atoms. The lowest BCUT2D eigenvalue weighted by atomic mass is 10.0. The van der Waals surface area contributed by atoms with E-state index in [1.807, 2.05) is 0 Å². The molecule has 86 valence electrons. The van der Waals surface area contributed by atoms with Gasteiger partial charge in [-0.2, -0.15) is 0 Å². The maximum atomic E-state index is 11.1. The first-order valence-corrected chi connectivity index (χ1v) is 4.74. The van der Waals surface area contributed by atoms with E-state index in [-0.39, 0.29) is 11.1 Å². The van der Waals surface area contributed by atoms with Crippen LogP contribution in [-0.2, 0) is 0 Å². The number of carboxylic acids is 2. The van der Waals surface area contributed by atoms with Crippen molar-refractivity contribution in [2.45, 2.75) is 0 Å². The van der Waals surface area contributed by atoms with Crippen LogP contribution in [0.15, 0.2) is 41.0 Å². The highest BCUT2D eigenvalue weighted by atomic mass is 16.4. The lowest BCUT2D eigenvalue weighted by Gasteiger charge is -2.04. The molecule has 0 spiro atoms. The average molecular weight is 232 g/mol. The van der Waals surface area contributed by atoms with Crippen molar-refractivity contribution in [2.24, 2.45) is 0 Å². The van der Waals surface area contributed by atoms with Crippen molar-refractivity contribution < 1.29 is 24.2 Å². The summed E-state index contributed by atoms with van der Waals surface area (Å²) >= 11 is 0. The molecular weight excluding hydrogens is 224 g/mol. The first-order chi connectivity index (χ1) is 8.09. The van der Waals surface area contributed by atoms with E-state index >= 15 is 0 Å². The third-order valence-corrected chi connectivity index (χ3v) is 2.28. The SMILES string of the molecule is O=C(O)c1ccc(-c2ccco2)c(C(=O)O)c1. The largest absolute Gasteiger partial charge is 0.478 e. The second-order valence-corrected chi connectivity index (χ2v) is 3.35. The van der Waals surface area contributed by atoms with Crippen LogP contribution < -0.4 is 0 Å². The third kappa shape index (κ3) is 2.03. The molecule has 0 aliphatic carbocycles. The van der Waals surface area contributed by atoms with Gasteiger partial charge in [-0.15, -0.1) is 0 Å². The van der Waals surface area contributed by atoms with Crippen molar-refractivity contribution in [1.82, 2.24) is 0 Å². The van der Waals surface area contributed by atoms with Gasteiger partial charge in [0.2, 0.25) is 0 Å². The topological polar surface area (TPSA) is 87.7 Å². The number of hydrogen-bond donors (Lipinski definition) is 2. The van der Waals surface area contributed by atoms with Gasteiger partial charge in [0.05, 0.1) is 17.4 Å². The Labute approximate surface area is 95.9 Å². The van der Waals surface area contributed by atoms with Crippen LogP contribution in [-0.4, -0.2) is 22.2 Å². The van der Waals surface area contributed by atoms with Crippen LogP contribution in [0.25, 0.3) is 11.3 Å². The predicted molar refractivity (Wildman–Crippen MR) is 58.1 cm³/mol. The van der Waals surface area contributed by atoms with Crippen molar-refractivity contribution in [3.8, 4) is 11.3 Å². The van der Waals surface area contributed by atoms with Crippen LogP contribution in [0.2, 0.25) is 0 Å². The minimum Gasteiger partial charge on any atom is -0.478 e. The normalized spacial score (nSPS) is 10.1. The molecule has 2 aromatic rings. The molecule has 1 heterocycles. The van der Waals surface area contributed by atoms with E-state index < -0.39 is 11.9 Å². The summed E-state index contributed by atoms with van der Waals surface area (Å²) in [4.78, 5) is 21.8. The molecule has 0 unspecified atom stereocenters. The van der Waals surface area contributed by atoms with E-state index in [2.05, 4.69) is 0 Å². The molecule has 0 aliphatic rings. The van der Waals surface area contributed by atoms with E-state index in [0.717, 1.165) is 6.07 Å². The molecule has 0 aliphatic heterocycles. The summed E-state index contributed by atoms with van der Waals surface area (Å²) in [6, 6.07) is 7.12. The number of benzene rings is 1. The number of hydrogen-bond acceptors (Lipinski definition) is 3. The number of carbonyl (C=O) groups is 2. The maximum Gasteiger partial charge on any atom is 0.336 e. The average Bonchev–Trinajstić information content (AvgIpc) is 2.81. The maximum absolute atomic E-state index is 11.1. The van der Waals surface area contributed by atoms with Crippen LogP contribution in [0.4, 0.5) is 0 Å². The standard InChI is InChI=1S/C12H8O5/c13-11(14)7-3-4-8(9(6-7)12(15)16)10-2-1-5-17-10/h1-6H,(H,13,14)(H,15,16). The Balaban J connectivity index is 2.61. The first kappa shape index (κ1) is 10.9. The minimum atomic E-state index is -1.19. The Bertz CT molecular complexity index is 569. The van der Waals surface area contributed by atoms with Crippen LogP contribution in [0.1, 0.15) is 20.7 Å². The quantitative estimate of drug-likeness (QED) is 0.847. The van der Waals surface area contributed by atoms with Gasteiger partial charge >= 0.3 is 11.9 Å². The number of aromatic carboxylic acids is 2. The smallest absolute Gasteiger partial charge is 0.336 e. The summed E-state index contributed by atoms with van der Waals surface area (Å²) in [5, 5.41) is 17.8. The molecule has 1 aromatic heterocycles. The fourth-order valence-electron chi connectivity index (χ4n) is 1.50. The van der Waals surface area contributed by atoms with Crippen LogP contribution >= 0.6 is 0 Å². The minimum absolute atomic E-state index is 0.0716. The molecule has 0 saturated carbocycles. The first-order valence-electron chi connectivity index (χ1n) is 4.74. The van der Waals surface area contributed by atoms with Gasteiger partial charge in [-0.1, -0.05) is 0 Å². The molecule has 0 radical (unpaired) electrons. The highest BCUT2D eigenvalue weighted by molar-refractivity contribution is 5.99. The summed E-state index contributed by atoms with van der Waals surface area (Å²) in [6.45, 7) is 0. The Hall–Kier alpha value is -2.56. The Morgan fingerprint density at radius 3 is 2.35 bits per heavy atom. The second kappa shape index (κ2) is 4.13. The molecule has 2 N–H and O–H groups in total. The molecule has 0 saturated heterocycles. The van der Waals surface area contributed by atoms with Gasteiger partial charge < -0.3 is 14.6 Å². The molecule has 0 amide bonds. The van der Waals surface area contributed by atoms with Crippen molar-refractivity contribution in [3.63, 3.8) is 0 Å². The fraction of sp³-hybridized carbons (Fsp3) is 0. The van der Waals surface area contributed by atoms with Gasteiger partial charge in [-0.05, 0) is 30.3 Å². The highest BCUT2D eigenvalue weighted by Crippen LogP contribution is 2.25. The van der Waals surface area contributed by atoms with Crippen LogP contribution in [0, 0.1) is 0 Å². The summed E-state index contributed by atoms with van der Waals surface area (Å²) in [6.07, 6.45) is 1.42. The van der Waals surface area contributed by atoms with E-state index in [4.69, 9.17) is 14.6 Å². The summed E-state index contributed by atoms with van der Waals surface area (Å²) in [7, 11) is 0. The summed E-state index contributed by atoms with van der Waals surface area (Å²) in [5.41, 5.74) is 0.185. The summed E-state index contributed by atoms with van der Waals surface area (Å²) < 4.78 is 5.10. The number of furan rings is 1. The zero-order valence-electron chi connectivity index (χ0n) is 8.58. The van der Waals surface area contributed by atoms with Crippen LogP contribution in [0.3, 0.4) is 0 Å². The zero-order chi connectivity index (χ0) is 12.4. The zero-order valence-corrected chi connectivity index (χ0v) is 8.58. The highest BCUT2D eigenvalue weighted by Gasteiger charge is 2.16. The second-order valence-electron chi connectivity index (χ2n) is 3.35. The Morgan fingerprint density at radius 1 is 1.06 bits per heavy atom. The molecule has 5 heteroatoms. The summed E-state index contributed by atoms with van der Waals surface area (Å²) in [5.74, 6) is -1.97. The molecule has 0 atom stereocenters. The van der Waals surface area contributed by atoms with Crippen molar-refractivity contribution in [3.05, 3.63) is 47.7 Å². The Kier molecular flexibility index (Phi) is 2.66. The molecule has 1 aromatic carbocycles. The van der Waals surface area contributed by atoms with Gasteiger partial charge in [-0.3, -0.25) is 0 Å². The van der Waals surface area contributed by atoms with Gasteiger partial charge in [-0.25, -0.2) is 9.59 Å². The van der Waals surface area contributed by atoms with E-state index in [1.165, 1.54) is 18.4 Å². The van der Waals surface area contributed by atoms with Gasteiger partial charge in [0.15, 0.2) is 0 Å². The predicted octanol–water partition coefficient (Wildman–Crippen LogP) is 2.34. The molecule has 5 nitrogen and oxygen atoms in total. The monoisotopic (exact) mass is 232 g/mol. The van der Waals surface area contributed by atoms with Gasteiger partial charge in [0.25, 0.3) is 0 Å². The lowest BCUT2D eigenvalue weighted by Crippen LogP contribution is -2.04. The molecular formula is C12H8O5. The van der Waals surface area contributed by atoms with E-state index in [1.54, 1.807) is 12.1 Å². The molecule has 0 fully saturated rings. The van der Waals surface area contributed by atoms with E-state index in [9.17, 15) is 9.59 Å². The van der Waals surface area contributed by atoms with Gasteiger partial charge in [0, 0.05) is 5.56 Å². The van der Waals surface area contributed by atoms with Crippen LogP contribution in [0.5, 0.6) is 0 Å². The number of carboxylic acid groups (broad SMARTS) is 2. The Morgan fingerprint density at radius 2 is 1.82 bits per heavy atom. The van der Waals surface area contributed by atoms with E-state index in [0.29, 0.717) is 11.3 Å². The molecule has 0 bridgehead atoms. The van der Waals surface area contributed by atoms with Gasteiger partial charge in [0.1, 0.15) is 5.76 Å². The van der Waals surface area contributed by atoms with Crippen molar-refractivity contribution >= 4 is 11.9 Å². The third-order valence-electron chi connectivity index (χ3n) is 2.28. The van der Waals surface area contributed by atoms with Crippen molar-refractivity contribution in [1.29, 1.82) is 0 Å².